The molecule has 1 atom stereocenters. The molecule has 1 N–H and O–H groups in total. The molecule has 8 heteroatoms. The molecule has 1 aromatic heterocycles. The highest BCUT2D eigenvalue weighted by Crippen LogP contribution is 2.28. The number of hydrogen-bond acceptors (Lipinski definition) is 4. The van der Waals surface area contributed by atoms with Crippen molar-refractivity contribution in [3.8, 4) is 5.69 Å². The van der Waals surface area contributed by atoms with Crippen molar-refractivity contribution in [3.63, 3.8) is 0 Å². The van der Waals surface area contributed by atoms with E-state index in [9.17, 15) is 13.6 Å². The molecule has 0 aliphatic rings. The predicted octanol–water partition coefficient (Wildman–Crippen LogP) is 5.64. The van der Waals surface area contributed by atoms with Gasteiger partial charge in [0, 0.05) is 17.0 Å². The minimum absolute atomic E-state index is 0.278. The first kappa shape index (κ1) is 22.7. The zero-order chi connectivity index (χ0) is 23.4. The quantitative estimate of drug-likeness (QED) is 0.360. The van der Waals surface area contributed by atoms with Crippen LogP contribution in [0.3, 0.4) is 0 Å². The Bertz CT molecular complexity index is 1240. The molecule has 168 valence electrons. The lowest BCUT2D eigenvalue weighted by molar-refractivity contribution is 0.0938. The summed E-state index contributed by atoms with van der Waals surface area (Å²) in [4.78, 5) is 12.7. The summed E-state index contributed by atoms with van der Waals surface area (Å²) in [6, 6.07) is 19.2. The van der Waals surface area contributed by atoms with Gasteiger partial charge in [-0.3, -0.25) is 9.36 Å². The van der Waals surface area contributed by atoms with Gasteiger partial charge in [-0.05, 0) is 67.9 Å². The van der Waals surface area contributed by atoms with Crippen molar-refractivity contribution in [2.45, 2.75) is 30.8 Å². The standard InChI is InChI=1S/C25H22F2N4OS/c1-16-3-13-22(14-4-16)31-23(17(2)28-24(32)19-7-11-21(27)12-8-19)29-30-25(31)33-15-18-5-9-20(26)10-6-18/h3-14,17H,15H2,1-2H3,(H,28,32). The van der Waals surface area contributed by atoms with Gasteiger partial charge in [0.1, 0.15) is 11.6 Å². The molecule has 1 unspecified atom stereocenters. The van der Waals surface area contributed by atoms with E-state index >= 15 is 0 Å². The van der Waals surface area contributed by atoms with E-state index in [4.69, 9.17) is 0 Å². The first-order valence-corrected chi connectivity index (χ1v) is 11.4. The van der Waals surface area contributed by atoms with Crippen LogP contribution in [0.5, 0.6) is 0 Å². The van der Waals surface area contributed by atoms with Crippen LogP contribution in [0.4, 0.5) is 8.78 Å². The Morgan fingerprint density at radius 3 is 2.18 bits per heavy atom. The second-order valence-corrected chi connectivity index (χ2v) is 8.57. The third kappa shape index (κ3) is 5.46. The highest BCUT2D eigenvalue weighted by molar-refractivity contribution is 7.98. The molecule has 0 saturated heterocycles. The average Bonchev–Trinajstić information content (AvgIpc) is 3.24. The molecule has 5 nitrogen and oxygen atoms in total. The van der Waals surface area contributed by atoms with Crippen molar-refractivity contribution in [2.75, 3.05) is 0 Å². The van der Waals surface area contributed by atoms with Crippen molar-refractivity contribution < 1.29 is 13.6 Å². The van der Waals surface area contributed by atoms with E-state index in [2.05, 4.69) is 15.5 Å². The van der Waals surface area contributed by atoms with Gasteiger partial charge < -0.3 is 5.32 Å². The highest BCUT2D eigenvalue weighted by atomic mass is 32.2. The number of aromatic nitrogens is 3. The fraction of sp³-hybridized carbons (Fsp3) is 0.160. The molecule has 33 heavy (non-hydrogen) atoms. The zero-order valence-electron chi connectivity index (χ0n) is 18.1. The van der Waals surface area contributed by atoms with Gasteiger partial charge in [-0.2, -0.15) is 0 Å². The average molecular weight is 465 g/mol. The van der Waals surface area contributed by atoms with E-state index in [1.165, 1.54) is 48.2 Å². The van der Waals surface area contributed by atoms with Crippen LogP contribution >= 0.6 is 11.8 Å². The number of rotatable bonds is 7. The molecule has 0 saturated carbocycles. The van der Waals surface area contributed by atoms with E-state index in [1.807, 2.05) is 42.7 Å². The van der Waals surface area contributed by atoms with Crippen molar-refractivity contribution in [3.05, 3.63) is 107 Å². The lowest BCUT2D eigenvalue weighted by Crippen LogP contribution is -2.28. The lowest BCUT2D eigenvalue weighted by Gasteiger charge is -2.16. The van der Waals surface area contributed by atoms with Gasteiger partial charge >= 0.3 is 0 Å². The van der Waals surface area contributed by atoms with Gasteiger partial charge in [-0.25, -0.2) is 8.78 Å². The summed E-state index contributed by atoms with van der Waals surface area (Å²) in [5.74, 6) is 0.138. The third-order valence-electron chi connectivity index (χ3n) is 5.07. The molecular formula is C25H22F2N4OS. The number of carbonyl (C=O) groups is 1. The molecule has 4 rings (SSSR count). The van der Waals surface area contributed by atoms with Crippen molar-refractivity contribution >= 4 is 17.7 Å². The first-order valence-electron chi connectivity index (χ1n) is 10.4. The van der Waals surface area contributed by atoms with Gasteiger partial charge in [0.15, 0.2) is 11.0 Å². The fourth-order valence-corrected chi connectivity index (χ4v) is 4.18. The van der Waals surface area contributed by atoms with Gasteiger partial charge in [0.05, 0.1) is 6.04 Å². The largest absolute Gasteiger partial charge is 0.342 e. The molecule has 0 bridgehead atoms. The van der Waals surface area contributed by atoms with Gasteiger partial charge in [0.25, 0.3) is 5.91 Å². The van der Waals surface area contributed by atoms with Gasteiger partial charge in [0.2, 0.25) is 0 Å². The molecule has 0 aliphatic heterocycles. The predicted molar refractivity (Wildman–Crippen MR) is 124 cm³/mol. The maximum absolute atomic E-state index is 13.2. The summed E-state index contributed by atoms with van der Waals surface area (Å²) in [7, 11) is 0. The van der Waals surface area contributed by atoms with Crippen molar-refractivity contribution in [1.82, 2.24) is 20.1 Å². The van der Waals surface area contributed by atoms with Gasteiger partial charge in [-0.15, -0.1) is 10.2 Å². The van der Waals surface area contributed by atoms with Crippen LogP contribution < -0.4 is 5.32 Å². The molecule has 1 amide bonds. The summed E-state index contributed by atoms with van der Waals surface area (Å²) in [5, 5.41) is 12.3. The maximum atomic E-state index is 13.2. The van der Waals surface area contributed by atoms with Crippen LogP contribution in [0.25, 0.3) is 5.69 Å². The molecule has 0 fully saturated rings. The summed E-state index contributed by atoms with van der Waals surface area (Å²) < 4.78 is 28.3. The Morgan fingerprint density at radius 1 is 0.939 bits per heavy atom. The molecule has 0 aliphatic carbocycles. The molecule has 4 aromatic rings. The molecule has 0 spiro atoms. The second-order valence-electron chi connectivity index (χ2n) is 7.63. The Labute approximate surface area is 194 Å². The molecule has 3 aromatic carbocycles. The Balaban J connectivity index is 1.61. The van der Waals surface area contributed by atoms with Gasteiger partial charge in [-0.1, -0.05) is 41.6 Å². The van der Waals surface area contributed by atoms with E-state index in [1.54, 1.807) is 12.1 Å². The van der Waals surface area contributed by atoms with E-state index in [0.29, 0.717) is 22.3 Å². The van der Waals surface area contributed by atoms with Crippen LogP contribution in [-0.4, -0.2) is 20.7 Å². The SMILES string of the molecule is Cc1ccc(-n2c(SCc3ccc(F)cc3)nnc2C(C)NC(=O)c2ccc(F)cc2)cc1. The number of aryl methyl sites for hydroxylation is 1. The van der Waals surface area contributed by atoms with Crippen LogP contribution in [0.15, 0.2) is 78.0 Å². The van der Waals surface area contributed by atoms with E-state index < -0.39 is 11.9 Å². The summed E-state index contributed by atoms with van der Waals surface area (Å²) >= 11 is 1.47. The number of benzene rings is 3. The third-order valence-corrected chi connectivity index (χ3v) is 6.07. The summed E-state index contributed by atoms with van der Waals surface area (Å²) in [5.41, 5.74) is 3.30. The van der Waals surface area contributed by atoms with Crippen LogP contribution in [0, 0.1) is 18.6 Å². The molecule has 1 heterocycles. The number of nitrogens with zero attached hydrogens (tertiary/aromatic N) is 3. The van der Waals surface area contributed by atoms with Crippen LogP contribution in [0.1, 0.15) is 40.3 Å². The first-order chi connectivity index (χ1) is 15.9. The Hall–Kier alpha value is -3.52. The summed E-state index contributed by atoms with van der Waals surface area (Å²) in [6.07, 6.45) is 0. The number of hydrogen-bond donors (Lipinski definition) is 1. The van der Waals surface area contributed by atoms with Crippen molar-refractivity contribution in [2.24, 2.45) is 0 Å². The Morgan fingerprint density at radius 2 is 1.55 bits per heavy atom. The topological polar surface area (TPSA) is 59.8 Å². The highest BCUT2D eigenvalue weighted by Gasteiger charge is 2.21. The summed E-state index contributed by atoms with van der Waals surface area (Å²) in [6.45, 7) is 3.83. The number of nitrogens with one attached hydrogen (secondary N) is 1. The number of halogens is 2. The molecular weight excluding hydrogens is 442 g/mol. The van der Waals surface area contributed by atoms with E-state index in [-0.39, 0.29) is 11.7 Å². The normalized spacial score (nSPS) is 11.9. The number of thioether (sulfide) groups is 1. The fourth-order valence-electron chi connectivity index (χ4n) is 3.27. The minimum atomic E-state index is -0.462. The zero-order valence-corrected chi connectivity index (χ0v) is 18.9. The van der Waals surface area contributed by atoms with E-state index in [0.717, 1.165) is 16.8 Å². The Kier molecular flexibility index (Phi) is 6.84. The smallest absolute Gasteiger partial charge is 0.251 e. The van der Waals surface area contributed by atoms with Crippen molar-refractivity contribution in [1.29, 1.82) is 0 Å². The monoisotopic (exact) mass is 464 g/mol. The van der Waals surface area contributed by atoms with Crippen LogP contribution in [-0.2, 0) is 5.75 Å². The van der Waals surface area contributed by atoms with Crippen LogP contribution in [0.2, 0.25) is 0 Å². The molecule has 0 radical (unpaired) electrons. The number of amides is 1. The minimum Gasteiger partial charge on any atom is -0.342 e. The second kappa shape index (κ2) is 9.95. The lowest BCUT2D eigenvalue weighted by atomic mass is 10.2. The number of carbonyl (C=O) groups excluding carboxylic acids is 1. The maximum Gasteiger partial charge on any atom is 0.251 e.